The summed E-state index contributed by atoms with van der Waals surface area (Å²) >= 11 is 0. The first-order valence-corrected chi connectivity index (χ1v) is 9.56. The van der Waals surface area contributed by atoms with Crippen molar-refractivity contribution in [3.63, 3.8) is 0 Å². The average Bonchev–Trinajstić information content (AvgIpc) is 3.34. The molecule has 4 rings (SSSR count). The van der Waals surface area contributed by atoms with Gasteiger partial charge in [0.2, 0.25) is 0 Å². The van der Waals surface area contributed by atoms with Crippen LogP contribution in [0.5, 0.6) is 5.75 Å². The van der Waals surface area contributed by atoms with E-state index in [0.29, 0.717) is 24.5 Å². The number of aromatic nitrogens is 3. The van der Waals surface area contributed by atoms with Crippen molar-refractivity contribution in [3.05, 3.63) is 30.6 Å². The van der Waals surface area contributed by atoms with E-state index in [9.17, 15) is 4.79 Å². The Balaban J connectivity index is 1.54. The molecule has 1 atom stereocenters. The van der Waals surface area contributed by atoms with Gasteiger partial charge < -0.3 is 18.8 Å². The van der Waals surface area contributed by atoms with Crippen molar-refractivity contribution in [1.82, 2.24) is 15.0 Å². The van der Waals surface area contributed by atoms with Crippen molar-refractivity contribution < 1.29 is 23.6 Å². The van der Waals surface area contributed by atoms with E-state index in [2.05, 4.69) is 10.3 Å². The smallest absolute Gasteiger partial charge is 0.494 e. The Labute approximate surface area is 170 Å². The molecule has 0 bridgehead atoms. The lowest BCUT2D eigenvalue weighted by Gasteiger charge is -2.32. The zero-order valence-electron chi connectivity index (χ0n) is 17.3. The molecule has 10 heteroatoms. The van der Waals surface area contributed by atoms with Crippen LogP contribution in [0.15, 0.2) is 30.6 Å². The van der Waals surface area contributed by atoms with Gasteiger partial charge in [0.15, 0.2) is 0 Å². The molecule has 2 aliphatic heterocycles. The molecule has 9 nitrogen and oxygen atoms in total. The first-order chi connectivity index (χ1) is 13.7. The molecule has 29 heavy (non-hydrogen) atoms. The Morgan fingerprint density at radius 1 is 1.24 bits per heavy atom. The summed E-state index contributed by atoms with van der Waals surface area (Å²) in [6, 6.07) is 5.56. The number of benzene rings is 1. The largest absolute Gasteiger partial charge is 0.495 e. The summed E-state index contributed by atoms with van der Waals surface area (Å²) in [4.78, 5) is 14.0. The normalized spacial score (nSPS) is 22.8. The predicted octanol–water partition coefficient (Wildman–Crippen LogP) is 1.61. The SMILES string of the molecule is COc1cc(B2OC(C)(C)C(C)(C)O2)ccc1N1C[C@H](Cn2ccnn2)OC1=O. The highest BCUT2D eigenvalue weighted by atomic mass is 16.7. The van der Waals surface area contributed by atoms with Gasteiger partial charge in [-0.05, 0) is 45.3 Å². The van der Waals surface area contributed by atoms with E-state index < -0.39 is 24.4 Å². The van der Waals surface area contributed by atoms with E-state index in [1.165, 1.54) is 0 Å². The molecular formula is C19H25BN4O5. The molecule has 2 aromatic rings. The summed E-state index contributed by atoms with van der Waals surface area (Å²) in [6.07, 6.45) is 2.58. The first kappa shape index (κ1) is 19.7. The van der Waals surface area contributed by atoms with E-state index in [1.54, 1.807) is 29.1 Å². The Morgan fingerprint density at radius 3 is 2.59 bits per heavy atom. The van der Waals surface area contributed by atoms with Crippen molar-refractivity contribution in [2.45, 2.75) is 51.5 Å². The van der Waals surface area contributed by atoms with Gasteiger partial charge in [0.1, 0.15) is 11.9 Å². The van der Waals surface area contributed by atoms with Crippen LogP contribution in [0.2, 0.25) is 0 Å². The number of amides is 1. The molecule has 2 saturated heterocycles. The van der Waals surface area contributed by atoms with Gasteiger partial charge in [-0.25, -0.2) is 9.48 Å². The van der Waals surface area contributed by atoms with E-state index >= 15 is 0 Å². The lowest BCUT2D eigenvalue weighted by Crippen LogP contribution is -2.41. The zero-order chi connectivity index (χ0) is 20.8. The van der Waals surface area contributed by atoms with Crippen LogP contribution >= 0.6 is 0 Å². The molecule has 1 amide bonds. The molecule has 0 spiro atoms. The molecule has 0 saturated carbocycles. The molecule has 2 fully saturated rings. The molecule has 0 unspecified atom stereocenters. The summed E-state index contributed by atoms with van der Waals surface area (Å²) < 4.78 is 24.9. The summed E-state index contributed by atoms with van der Waals surface area (Å²) in [6.45, 7) is 8.87. The van der Waals surface area contributed by atoms with Gasteiger partial charge in [-0.15, -0.1) is 5.10 Å². The molecule has 0 radical (unpaired) electrons. The second-order valence-corrected chi connectivity index (χ2v) is 8.26. The average molecular weight is 400 g/mol. The van der Waals surface area contributed by atoms with Gasteiger partial charge in [0.05, 0.1) is 43.3 Å². The Hall–Kier alpha value is -2.59. The van der Waals surface area contributed by atoms with Gasteiger partial charge in [-0.2, -0.15) is 0 Å². The third-order valence-corrected chi connectivity index (χ3v) is 5.76. The maximum Gasteiger partial charge on any atom is 0.494 e. The molecule has 0 aliphatic carbocycles. The quantitative estimate of drug-likeness (QED) is 0.705. The van der Waals surface area contributed by atoms with Crippen molar-refractivity contribution in [3.8, 4) is 5.75 Å². The summed E-state index contributed by atoms with van der Waals surface area (Å²) in [5.41, 5.74) is 0.600. The standard InChI is InChI=1S/C19H25BN4O5/c1-18(2)19(3,4)29-20(28-18)13-6-7-15(16(10-13)26-5)24-12-14(27-17(24)25)11-23-9-8-21-22-23/h6-10,14H,11-12H2,1-5H3/t14-/m0/s1. The van der Waals surface area contributed by atoms with Crippen molar-refractivity contribution in [1.29, 1.82) is 0 Å². The van der Waals surface area contributed by atoms with E-state index in [1.807, 2.05) is 45.9 Å². The lowest BCUT2D eigenvalue weighted by atomic mass is 9.79. The van der Waals surface area contributed by atoms with E-state index in [-0.39, 0.29) is 6.10 Å². The third-order valence-electron chi connectivity index (χ3n) is 5.76. The maximum absolute atomic E-state index is 12.4. The van der Waals surface area contributed by atoms with Crippen LogP contribution in [0.1, 0.15) is 27.7 Å². The Kier molecular flexibility index (Phi) is 4.78. The van der Waals surface area contributed by atoms with Crippen LogP contribution < -0.4 is 15.1 Å². The summed E-state index contributed by atoms with van der Waals surface area (Å²) in [7, 11) is 1.06. The van der Waals surface area contributed by atoms with Crippen molar-refractivity contribution in [2.24, 2.45) is 0 Å². The molecule has 1 aromatic carbocycles. The highest BCUT2D eigenvalue weighted by molar-refractivity contribution is 6.62. The number of ether oxygens (including phenoxy) is 2. The monoisotopic (exact) mass is 400 g/mol. The lowest BCUT2D eigenvalue weighted by molar-refractivity contribution is 0.00578. The molecule has 3 heterocycles. The number of nitrogens with zero attached hydrogens (tertiary/aromatic N) is 4. The minimum Gasteiger partial charge on any atom is -0.495 e. The maximum atomic E-state index is 12.4. The van der Waals surface area contributed by atoms with Crippen molar-refractivity contribution in [2.75, 3.05) is 18.6 Å². The van der Waals surface area contributed by atoms with Crippen LogP contribution in [0.25, 0.3) is 0 Å². The van der Waals surface area contributed by atoms with Gasteiger partial charge in [-0.1, -0.05) is 11.3 Å². The molecule has 1 aromatic heterocycles. The van der Waals surface area contributed by atoms with Crippen molar-refractivity contribution >= 4 is 24.4 Å². The molecule has 2 aliphatic rings. The predicted molar refractivity (Wildman–Crippen MR) is 106 cm³/mol. The number of hydrogen-bond acceptors (Lipinski definition) is 7. The van der Waals surface area contributed by atoms with Crippen LogP contribution in [0.4, 0.5) is 10.5 Å². The highest BCUT2D eigenvalue weighted by Crippen LogP contribution is 2.37. The zero-order valence-corrected chi connectivity index (χ0v) is 17.3. The third kappa shape index (κ3) is 3.58. The fraction of sp³-hybridized carbons (Fsp3) is 0.526. The second-order valence-electron chi connectivity index (χ2n) is 8.26. The second kappa shape index (κ2) is 7.03. The molecule has 0 N–H and O–H groups in total. The van der Waals surface area contributed by atoms with Crippen LogP contribution in [0, 0.1) is 0 Å². The number of hydrogen-bond donors (Lipinski definition) is 0. The van der Waals surface area contributed by atoms with Gasteiger partial charge >= 0.3 is 13.2 Å². The Morgan fingerprint density at radius 2 is 1.97 bits per heavy atom. The fourth-order valence-electron chi connectivity index (χ4n) is 3.40. The summed E-state index contributed by atoms with van der Waals surface area (Å²) in [5, 5.41) is 7.69. The number of carbonyl (C=O) groups excluding carboxylic acids is 1. The van der Waals surface area contributed by atoms with E-state index in [0.717, 1.165) is 5.46 Å². The number of carbonyl (C=O) groups is 1. The molecular weight excluding hydrogens is 375 g/mol. The summed E-state index contributed by atoms with van der Waals surface area (Å²) in [5.74, 6) is 0.551. The van der Waals surface area contributed by atoms with E-state index in [4.69, 9.17) is 18.8 Å². The highest BCUT2D eigenvalue weighted by Gasteiger charge is 2.52. The van der Waals surface area contributed by atoms with Crippen LogP contribution in [0.3, 0.4) is 0 Å². The number of methoxy groups -OCH3 is 1. The first-order valence-electron chi connectivity index (χ1n) is 9.56. The van der Waals surface area contributed by atoms with Gasteiger partial charge in [0.25, 0.3) is 0 Å². The number of cyclic esters (lactones) is 1. The number of anilines is 1. The van der Waals surface area contributed by atoms with Gasteiger partial charge in [-0.3, -0.25) is 4.90 Å². The number of rotatable bonds is 5. The molecule has 154 valence electrons. The fourth-order valence-corrected chi connectivity index (χ4v) is 3.40. The van der Waals surface area contributed by atoms with Crippen LogP contribution in [-0.2, 0) is 20.6 Å². The Bertz CT molecular complexity index is 886. The van der Waals surface area contributed by atoms with Gasteiger partial charge in [0, 0.05) is 6.20 Å². The topological polar surface area (TPSA) is 87.9 Å². The minimum absolute atomic E-state index is 0.323. The van der Waals surface area contributed by atoms with Crippen LogP contribution in [-0.4, -0.2) is 59.2 Å². The minimum atomic E-state index is -0.506.